The van der Waals surface area contributed by atoms with E-state index < -0.39 is 5.41 Å². The highest BCUT2D eigenvalue weighted by Crippen LogP contribution is 2.38. The van der Waals surface area contributed by atoms with Gasteiger partial charge in [-0.1, -0.05) is 12.8 Å². The fourth-order valence-corrected chi connectivity index (χ4v) is 3.00. The van der Waals surface area contributed by atoms with Crippen molar-refractivity contribution in [3.63, 3.8) is 0 Å². The molecule has 120 valence electrons. The number of nitrogens with two attached hydrogens (primary N) is 1. The zero-order valence-electron chi connectivity index (χ0n) is 12.7. The minimum Gasteiger partial charge on any atom is -0.352 e. The van der Waals surface area contributed by atoms with Crippen molar-refractivity contribution in [2.75, 3.05) is 11.9 Å². The Hall–Kier alpha value is -1.89. The molecule has 0 atom stereocenters. The van der Waals surface area contributed by atoms with Gasteiger partial charge in [0.1, 0.15) is 6.54 Å². The first-order valence-electron chi connectivity index (χ1n) is 7.95. The first kappa shape index (κ1) is 15.0. The first-order valence-corrected chi connectivity index (χ1v) is 7.95. The topological polar surface area (TPSA) is 102 Å². The minimum atomic E-state index is -0.439. The minimum absolute atomic E-state index is 0.0329. The number of amides is 2. The van der Waals surface area contributed by atoms with Gasteiger partial charge in [-0.25, -0.2) is 0 Å². The predicted molar refractivity (Wildman–Crippen MR) is 82.0 cm³/mol. The van der Waals surface area contributed by atoms with Gasteiger partial charge in [0.2, 0.25) is 11.8 Å². The molecule has 2 amide bonds. The second-order valence-corrected chi connectivity index (χ2v) is 6.41. The van der Waals surface area contributed by atoms with E-state index in [2.05, 4.69) is 15.7 Å². The van der Waals surface area contributed by atoms with Crippen LogP contribution in [0, 0.1) is 5.41 Å². The van der Waals surface area contributed by atoms with Crippen LogP contribution in [-0.4, -0.2) is 34.2 Å². The van der Waals surface area contributed by atoms with Crippen molar-refractivity contribution in [3.8, 4) is 0 Å². The van der Waals surface area contributed by atoms with E-state index in [-0.39, 0.29) is 18.4 Å². The molecular formula is C15H23N5O2. The predicted octanol–water partition coefficient (Wildman–Crippen LogP) is 0.619. The maximum Gasteiger partial charge on any atom is 0.241 e. The number of aromatic nitrogens is 2. The molecule has 2 fully saturated rings. The van der Waals surface area contributed by atoms with E-state index in [4.69, 9.17) is 5.73 Å². The molecule has 2 aliphatic rings. The van der Waals surface area contributed by atoms with Gasteiger partial charge in [-0.3, -0.25) is 14.3 Å². The molecule has 0 aromatic carbocycles. The van der Waals surface area contributed by atoms with Gasteiger partial charge in [0.25, 0.3) is 0 Å². The van der Waals surface area contributed by atoms with Gasteiger partial charge in [0.05, 0.1) is 17.3 Å². The van der Waals surface area contributed by atoms with Gasteiger partial charge in [-0.05, 0) is 25.7 Å². The SMILES string of the molecule is NCC1(C(=O)Nc2cnn(CC(=O)NC3CC3)c2)CCCC1. The highest BCUT2D eigenvalue weighted by Gasteiger charge is 2.39. The van der Waals surface area contributed by atoms with Crippen LogP contribution in [0.25, 0.3) is 0 Å². The molecule has 0 spiro atoms. The number of rotatable bonds is 6. The lowest BCUT2D eigenvalue weighted by atomic mass is 9.85. The summed E-state index contributed by atoms with van der Waals surface area (Å²) in [6.07, 6.45) is 9.16. The van der Waals surface area contributed by atoms with Crippen molar-refractivity contribution in [1.82, 2.24) is 15.1 Å². The van der Waals surface area contributed by atoms with E-state index in [1.54, 1.807) is 12.4 Å². The number of carbonyl (C=O) groups is 2. The molecule has 1 heterocycles. The Kier molecular flexibility index (Phi) is 4.15. The molecule has 3 rings (SSSR count). The van der Waals surface area contributed by atoms with Crippen LogP contribution in [0.3, 0.4) is 0 Å². The molecule has 4 N–H and O–H groups in total. The second-order valence-electron chi connectivity index (χ2n) is 6.41. The lowest BCUT2D eigenvalue weighted by Gasteiger charge is -2.25. The monoisotopic (exact) mass is 305 g/mol. The van der Waals surface area contributed by atoms with Crippen LogP contribution in [0.2, 0.25) is 0 Å². The standard InChI is InChI=1S/C15H23N5O2/c16-10-15(5-1-2-6-15)14(22)19-12-7-17-20(8-12)9-13(21)18-11-3-4-11/h7-8,11H,1-6,9-10,16H2,(H,18,21)(H,19,22). The number of nitrogens with zero attached hydrogens (tertiary/aromatic N) is 2. The fourth-order valence-electron chi connectivity index (χ4n) is 3.00. The molecule has 2 saturated carbocycles. The van der Waals surface area contributed by atoms with E-state index in [0.717, 1.165) is 38.5 Å². The third-order valence-corrected chi connectivity index (χ3v) is 4.57. The maximum atomic E-state index is 12.4. The van der Waals surface area contributed by atoms with Gasteiger partial charge < -0.3 is 16.4 Å². The average Bonchev–Trinajstić information content (AvgIpc) is 3.01. The molecular weight excluding hydrogens is 282 g/mol. The van der Waals surface area contributed by atoms with Crippen LogP contribution in [-0.2, 0) is 16.1 Å². The average molecular weight is 305 g/mol. The summed E-state index contributed by atoms with van der Waals surface area (Å²) in [7, 11) is 0. The Bertz CT molecular complexity index is 558. The Morgan fingerprint density at radius 2 is 2.09 bits per heavy atom. The van der Waals surface area contributed by atoms with Crippen LogP contribution in [0.15, 0.2) is 12.4 Å². The molecule has 0 radical (unpaired) electrons. The largest absolute Gasteiger partial charge is 0.352 e. The molecule has 0 aliphatic heterocycles. The fraction of sp³-hybridized carbons (Fsp3) is 0.667. The summed E-state index contributed by atoms with van der Waals surface area (Å²) in [4.78, 5) is 24.2. The van der Waals surface area contributed by atoms with E-state index in [1.807, 2.05) is 0 Å². The van der Waals surface area contributed by atoms with Crippen LogP contribution >= 0.6 is 0 Å². The summed E-state index contributed by atoms with van der Waals surface area (Å²) >= 11 is 0. The smallest absolute Gasteiger partial charge is 0.241 e. The van der Waals surface area contributed by atoms with Crippen molar-refractivity contribution in [2.24, 2.45) is 11.1 Å². The molecule has 0 saturated heterocycles. The Balaban J connectivity index is 1.56. The summed E-state index contributed by atoms with van der Waals surface area (Å²) in [6.45, 7) is 0.547. The van der Waals surface area contributed by atoms with Gasteiger partial charge in [0.15, 0.2) is 0 Å². The van der Waals surface area contributed by atoms with Crippen molar-refractivity contribution in [2.45, 2.75) is 51.1 Å². The van der Waals surface area contributed by atoms with Crippen LogP contribution in [0.5, 0.6) is 0 Å². The van der Waals surface area contributed by atoms with Gasteiger partial charge in [0, 0.05) is 18.8 Å². The molecule has 0 unspecified atom stereocenters. The van der Waals surface area contributed by atoms with Crippen molar-refractivity contribution in [3.05, 3.63) is 12.4 Å². The zero-order valence-corrected chi connectivity index (χ0v) is 12.7. The van der Waals surface area contributed by atoms with E-state index in [0.29, 0.717) is 18.3 Å². The number of carbonyl (C=O) groups excluding carboxylic acids is 2. The van der Waals surface area contributed by atoms with Crippen molar-refractivity contribution in [1.29, 1.82) is 0 Å². The summed E-state index contributed by atoms with van der Waals surface area (Å²) in [5.41, 5.74) is 5.99. The van der Waals surface area contributed by atoms with Crippen molar-refractivity contribution >= 4 is 17.5 Å². The van der Waals surface area contributed by atoms with Crippen LogP contribution in [0.4, 0.5) is 5.69 Å². The zero-order chi connectivity index (χ0) is 15.6. The summed E-state index contributed by atoms with van der Waals surface area (Å²) in [5.74, 6) is -0.0767. The number of anilines is 1. The lowest BCUT2D eigenvalue weighted by Crippen LogP contribution is -2.40. The Labute approximate surface area is 129 Å². The van der Waals surface area contributed by atoms with Crippen LogP contribution < -0.4 is 16.4 Å². The van der Waals surface area contributed by atoms with Crippen molar-refractivity contribution < 1.29 is 9.59 Å². The number of nitrogens with one attached hydrogen (secondary N) is 2. The third kappa shape index (κ3) is 3.30. The highest BCUT2D eigenvalue weighted by molar-refractivity contribution is 5.95. The maximum absolute atomic E-state index is 12.4. The Morgan fingerprint density at radius 1 is 1.36 bits per heavy atom. The quantitative estimate of drug-likeness (QED) is 0.717. The third-order valence-electron chi connectivity index (χ3n) is 4.57. The lowest BCUT2D eigenvalue weighted by molar-refractivity contribution is -0.125. The molecule has 1 aromatic heterocycles. The van der Waals surface area contributed by atoms with Gasteiger partial charge >= 0.3 is 0 Å². The molecule has 1 aromatic rings. The van der Waals surface area contributed by atoms with E-state index >= 15 is 0 Å². The van der Waals surface area contributed by atoms with E-state index in [9.17, 15) is 9.59 Å². The molecule has 7 nitrogen and oxygen atoms in total. The molecule has 22 heavy (non-hydrogen) atoms. The molecule has 2 aliphatic carbocycles. The Morgan fingerprint density at radius 3 is 2.73 bits per heavy atom. The highest BCUT2D eigenvalue weighted by atomic mass is 16.2. The number of hydrogen-bond donors (Lipinski definition) is 3. The molecule has 0 bridgehead atoms. The number of hydrogen-bond acceptors (Lipinski definition) is 4. The summed E-state index contributed by atoms with van der Waals surface area (Å²) < 4.78 is 1.54. The molecule has 7 heteroatoms. The van der Waals surface area contributed by atoms with Gasteiger partial charge in [-0.15, -0.1) is 0 Å². The van der Waals surface area contributed by atoms with E-state index in [1.165, 1.54) is 4.68 Å². The summed E-state index contributed by atoms with van der Waals surface area (Å²) in [6, 6.07) is 0.342. The summed E-state index contributed by atoms with van der Waals surface area (Å²) in [5, 5.41) is 9.92. The second kappa shape index (κ2) is 6.08. The normalized spacial score (nSPS) is 19.9. The first-order chi connectivity index (χ1) is 10.6. The van der Waals surface area contributed by atoms with Crippen LogP contribution in [0.1, 0.15) is 38.5 Å². The van der Waals surface area contributed by atoms with Gasteiger partial charge in [-0.2, -0.15) is 5.10 Å².